The monoisotopic (exact) mass is 255 g/mol. The van der Waals surface area contributed by atoms with Crippen LogP contribution in [0.1, 0.15) is 31.2 Å². The van der Waals surface area contributed by atoms with Gasteiger partial charge in [-0.2, -0.15) is 5.26 Å². The Morgan fingerprint density at radius 1 is 1.26 bits per heavy atom. The minimum atomic E-state index is 0.0710. The summed E-state index contributed by atoms with van der Waals surface area (Å²) >= 11 is 0. The predicted molar refractivity (Wildman–Crippen MR) is 73.8 cm³/mol. The number of rotatable bonds is 2. The summed E-state index contributed by atoms with van der Waals surface area (Å²) in [6, 6.07) is 8.84. The summed E-state index contributed by atoms with van der Waals surface area (Å²) in [4.78, 5) is 11.3. The maximum Gasteiger partial charge on any atom is 0.228 e. The Hall–Kier alpha value is -2.02. The number of fused-ring (bicyclic) bond motifs is 1. The van der Waals surface area contributed by atoms with Crippen molar-refractivity contribution in [3.8, 4) is 6.07 Å². The number of carbonyl (C=O) groups is 1. The fourth-order valence-corrected chi connectivity index (χ4v) is 2.92. The summed E-state index contributed by atoms with van der Waals surface area (Å²) in [6.07, 6.45) is 4.54. The lowest BCUT2D eigenvalue weighted by atomic mass is 9.87. The van der Waals surface area contributed by atoms with Crippen LogP contribution in [0.2, 0.25) is 0 Å². The Bertz CT molecular complexity index is 539. The Balaban J connectivity index is 1.64. The molecule has 2 N–H and O–H groups in total. The van der Waals surface area contributed by atoms with Crippen LogP contribution >= 0.6 is 0 Å². The number of nitriles is 1. The lowest BCUT2D eigenvalue weighted by Gasteiger charge is -2.26. The molecule has 3 rings (SSSR count). The first-order valence-corrected chi connectivity index (χ1v) is 6.83. The Morgan fingerprint density at radius 3 is 2.79 bits per heavy atom. The standard InChI is InChI=1S/C15H17N3O/c16-9-10-1-3-12(4-2-10)17-13-5-6-14-11(7-13)8-15(19)18-14/h5-7,10,12,17H,1-4,8H2,(H,18,19). The molecule has 0 spiro atoms. The zero-order valence-electron chi connectivity index (χ0n) is 10.8. The second kappa shape index (κ2) is 4.93. The van der Waals surface area contributed by atoms with Gasteiger partial charge in [0.05, 0.1) is 12.5 Å². The number of nitrogens with zero attached hydrogens (tertiary/aromatic N) is 1. The number of nitrogens with one attached hydrogen (secondary N) is 2. The van der Waals surface area contributed by atoms with E-state index in [1.807, 2.05) is 12.1 Å². The molecule has 98 valence electrons. The summed E-state index contributed by atoms with van der Waals surface area (Å²) in [5.41, 5.74) is 3.08. The zero-order valence-corrected chi connectivity index (χ0v) is 10.8. The van der Waals surface area contributed by atoms with E-state index in [0.717, 1.165) is 42.6 Å². The number of carbonyl (C=O) groups excluding carboxylic acids is 1. The van der Waals surface area contributed by atoms with Gasteiger partial charge in [0, 0.05) is 23.3 Å². The van der Waals surface area contributed by atoms with Crippen LogP contribution in [-0.4, -0.2) is 11.9 Å². The second-order valence-corrected chi connectivity index (χ2v) is 5.42. The quantitative estimate of drug-likeness (QED) is 0.854. The van der Waals surface area contributed by atoms with E-state index in [-0.39, 0.29) is 11.8 Å². The van der Waals surface area contributed by atoms with Gasteiger partial charge in [-0.25, -0.2) is 0 Å². The number of hydrogen-bond donors (Lipinski definition) is 2. The largest absolute Gasteiger partial charge is 0.382 e. The van der Waals surface area contributed by atoms with Crippen molar-refractivity contribution in [2.24, 2.45) is 5.92 Å². The fourth-order valence-electron chi connectivity index (χ4n) is 2.92. The zero-order chi connectivity index (χ0) is 13.2. The molecule has 0 atom stereocenters. The lowest BCUT2D eigenvalue weighted by Crippen LogP contribution is -2.25. The van der Waals surface area contributed by atoms with Crippen molar-refractivity contribution in [2.75, 3.05) is 10.6 Å². The average molecular weight is 255 g/mol. The smallest absolute Gasteiger partial charge is 0.228 e. The van der Waals surface area contributed by atoms with E-state index in [4.69, 9.17) is 5.26 Å². The molecule has 1 aromatic carbocycles. The van der Waals surface area contributed by atoms with E-state index < -0.39 is 0 Å². The first-order chi connectivity index (χ1) is 9.24. The van der Waals surface area contributed by atoms with Crippen LogP contribution in [0.15, 0.2) is 18.2 Å². The van der Waals surface area contributed by atoms with Crippen molar-refractivity contribution in [3.05, 3.63) is 23.8 Å². The fraction of sp³-hybridized carbons (Fsp3) is 0.467. The van der Waals surface area contributed by atoms with Gasteiger partial charge in [0.1, 0.15) is 0 Å². The molecular formula is C15H17N3O. The molecule has 2 aliphatic rings. The molecule has 0 saturated heterocycles. The van der Waals surface area contributed by atoms with Crippen molar-refractivity contribution in [1.82, 2.24) is 0 Å². The highest BCUT2D eigenvalue weighted by atomic mass is 16.1. The molecule has 19 heavy (non-hydrogen) atoms. The molecule has 1 aromatic rings. The van der Waals surface area contributed by atoms with E-state index in [9.17, 15) is 4.79 Å². The second-order valence-electron chi connectivity index (χ2n) is 5.42. The van der Waals surface area contributed by atoms with Gasteiger partial charge in [-0.15, -0.1) is 0 Å². The van der Waals surface area contributed by atoms with Gasteiger partial charge < -0.3 is 10.6 Å². The van der Waals surface area contributed by atoms with Crippen molar-refractivity contribution < 1.29 is 4.79 Å². The third kappa shape index (κ3) is 2.55. The molecule has 1 fully saturated rings. The SMILES string of the molecule is N#CC1CCC(Nc2ccc3c(c2)CC(=O)N3)CC1. The van der Waals surface area contributed by atoms with Gasteiger partial charge >= 0.3 is 0 Å². The molecule has 4 nitrogen and oxygen atoms in total. The van der Waals surface area contributed by atoms with E-state index in [1.54, 1.807) is 0 Å². The summed E-state index contributed by atoms with van der Waals surface area (Å²) in [6.45, 7) is 0. The third-order valence-corrected chi connectivity index (χ3v) is 4.01. The van der Waals surface area contributed by atoms with Crippen molar-refractivity contribution in [2.45, 2.75) is 38.1 Å². The maximum atomic E-state index is 11.3. The summed E-state index contributed by atoms with van der Waals surface area (Å²) in [5, 5.41) is 15.2. The molecule has 1 aliphatic carbocycles. The number of amides is 1. The summed E-state index contributed by atoms with van der Waals surface area (Å²) in [5.74, 6) is 0.307. The minimum Gasteiger partial charge on any atom is -0.382 e. The molecular weight excluding hydrogens is 238 g/mol. The van der Waals surface area contributed by atoms with Gasteiger partial charge in [0.25, 0.3) is 0 Å². The van der Waals surface area contributed by atoms with E-state index in [2.05, 4.69) is 22.8 Å². The summed E-state index contributed by atoms with van der Waals surface area (Å²) < 4.78 is 0. The molecule has 1 amide bonds. The maximum absolute atomic E-state index is 11.3. The van der Waals surface area contributed by atoms with Crippen LogP contribution in [0.3, 0.4) is 0 Å². The molecule has 0 aromatic heterocycles. The Labute approximate surface area is 112 Å². The van der Waals surface area contributed by atoms with Crippen LogP contribution in [0.4, 0.5) is 11.4 Å². The first-order valence-electron chi connectivity index (χ1n) is 6.83. The predicted octanol–water partition coefficient (Wildman–Crippen LogP) is 2.68. The van der Waals surface area contributed by atoms with Crippen LogP contribution < -0.4 is 10.6 Å². The molecule has 1 saturated carbocycles. The van der Waals surface area contributed by atoms with Crippen LogP contribution in [0.25, 0.3) is 0 Å². The minimum absolute atomic E-state index is 0.0710. The molecule has 4 heteroatoms. The van der Waals surface area contributed by atoms with Crippen molar-refractivity contribution in [3.63, 3.8) is 0 Å². The van der Waals surface area contributed by atoms with Gasteiger partial charge in [-0.05, 0) is 49.4 Å². The number of anilines is 2. The van der Waals surface area contributed by atoms with Gasteiger partial charge in [-0.1, -0.05) is 0 Å². The third-order valence-electron chi connectivity index (χ3n) is 4.01. The molecule has 0 bridgehead atoms. The van der Waals surface area contributed by atoms with Crippen LogP contribution in [0, 0.1) is 17.2 Å². The van der Waals surface area contributed by atoms with Gasteiger partial charge in [0.2, 0.25) is 5.91 Å². The Morgan fingerprint density at radius 2 is 2.05 bits per heavy atom. The highest BCUT2D eigenvalue weighted by molar-refractivity contribution is 5.99. The van der Waals surface area contributed by atoms with E-state index in [0.29, 0.717) is 12.5 Å². The van der Waals surface area contributed by atoms with Crippen molar-refractivity contribution in [1.29, 1.82) is 5.26 Å². The van der Waals surface area contributed by atoms with Crippen LogP contribution in [-0.2, 0) is 11.2 Å². The molecule has 0 unspecified atom stereocenters. The normalized spacial score (nSPS) is 25.3. The molecule has 0 radical (unpaired) electrons. The van der Waals surface area contributed by atoms with Gasteiger partial charge in [-0.3, -0.25) is 4.79 Å². The average Bonchev–Trinajstić information content (AvgIpc) is 2.79. The van der Waals surface area contributed by atoms with Crippen LogP contribution in [0.5, 0.6) is 0 Å². The van der Waals surface area contributed by atoms with E-state index in [1.165, 1.54) is 0 Å². The van der Waals surface area contributed by atoms with E-state index >= 15 is 0 Å². The first kappa shape index (κ1) is 12.0. The highest BCUT2D eigenvalue weighted by Gasteiger charge is 2.22. The topological polar surface area (TPSA) is 64.9 Å². The Kier molecular flexibility index (Phi) is 3.12. The molecule has 1 aliphatic heterocycles. The number of hydrogen-bond acceptors (Lipinski definition) is 3. The van der Waals surface area contributed by atoms with Gasteiger partial charge in [0.15, 0.2) is 0 Å². The highest BCUT2D eigenvalue weighted by Crippen LogP contribution is 2.29. The summed E-state index contributed by atoms with van der Waals surface area (Å²) in [7, 11) is 0. The lowest BCUT2D eigenvalue weighted by molar-refractivity contribution is -0.115. The van der Waals surface area contributed by atoms with Crippen molar-refractivity contribution >= 4 is 17.3 Å². The number of benzene rings is 1. The molecule has 1 heterocycles.